The summed E-state index contributed by atoms with van der Waals surface area (Å²) >= 11 is 6.35. The number of carbonyl (C=O) groups is 2. The topological polar surface area (TPSA) is 72.1 Å². The van der Waals surface area contributed by atoms with Crippen LogP contribution < -0.4 is 0 Å². The summed E-state index contributed by atoms with van der Waals surface area (Å²) in [6, 6.07) is 11.1. The summed E-state index contributed by atoms with van der Waals surface area (Å²) in [6.07, 6.45) is 3.34. The number of esters is 1. The third-order valence-electron chi connectivity index (χ3n) is 4.16. The Morgan fingerprint density at radius 3 is 2.76 bits per heavy atom. The summed E-state index contributed by atoms with van der Waals surface area (Å²) in [6.45, 7) is -0.381. The van der Waals surface area contributed by atoms with E-state index in [2.05, 4.69) is 21.0 Å². The Labute approximate surface area is 183 Å². The van der Waals surface area contributed by atoms with Gasteiger partial charge in [-0.3, -0.25) is 4.79 Å². The minimum absolute atomic E-state index is 0.186. The molecule has 1 atom stereocenters. The van der Waals surface area contributed by atoms with Crippen molar-refractivity contribution in [2.24, 2.45) is 5.10 Å². The fourth-order valence-electron chi connectivity index (χ4n) is 2.85. The first-order valence-electron chi connectivity index (χ1n) is 8.67. The average molecular weight is 491 g/mol. The summed E-state index contributed by atoms with van der Waals surface area (Å²) in [5.41, 5.74) is 0.862. The second-order valence-corrected chi connectivity index (χ2v) is 8.79. The van der Waals surface area contributed by atoms with Gasteiger partial charge in [0.15, 0.2) is 11.3 Å². The smallest absolute Gasteiger partial charge is 0.331 e. The quantitative estimate of drug-likeness (QED) is 0.355. The van der Waals surface area contributed by atoms with Crippen molar-refractivity contribution in [3.05, 3.63) is 73.4 Å². The van der Waals surface area contributed by atoms with Crippen molar-refractivity contribution in [2.45, 2.75) is 12.5 Å². The van der Waals surface area contributed by atoms with Gasteiger partial charge in [0.25, 0.3) is 5.91 Å². The maximum atomic E-state index is 12.7. The lowest BCUT2D eigenvalue weighted by Crippen LogP contribution is -2.30. The molecule has 6 nitrogen and oxygen atoms in total. The van der Waals surface area contributed by atoms with Crippen molar-refractivity contribution in [2.75, 3.05) is 6.61 Å². The molecule has 148 valence electrons. The third-order valence-corrected chi connectivity index (χ3v) is 6.48. The standard InChI is InChI=1S/C20H15BrN2O4S2/c21-18-7-5-13(27-18)6-8-20(25)26-12-19(24)23-15(17-4-2-10-29-17)11-14(22-23)16-3-1-9-28-16/h1-10,15H,11-12H2/b8-6+. The molecule has 3 aromatic heterocycles. The first-order valence-corrected chi connectivity index (χ1v) is 11.2. The van der Waals surface area contributed by atoms with Crippen molar-refractivity contribution >= 4 is 62.3 Å². The molecule has 1 amide bonds. The highest BCUT2D eigenvalue weighted by molar-refractivity contribution is 9.10. The lowest BCUT2D eigenvalue weighted by molar-refractivity contribution is -0.149. The van der Waals surface area contributed by atoms with Crippen LogP contribution in [-0.4, -0.2) is 29.2 Å². The SMILES string of the molecule is O=C(/C=C/c1ccc(Br)o1)OCC(=O)N1N=C(c2cccs2)CC1c1cccs1. The van der Waals surface area contributed by atoms with Gasteiger partial charge in [-0.15, -0.1) is 22.7 Å². The number of nitrogens with zero attached hydrogens (tertiary/aromatic N) is 2. The van der Waals surface area contributed by atoms with E-state index in [4.69, 9.17) is 9.15 Å². The molecule has 0 N–H and O–H groups in total. The molecular formula is C20H15BrN2O4S2. The molecule has 0 spiro atoms. The first-order chi connectivity index (χ1) is 14.1. The Hall–Kier alpha value is -2.49. The van der Waals surface area contributed by atoms with Crippen LogP contribution in [0.25, 0.3) is 6.08 Å². The van der Waals surface area contributed by atoms with E-state index in [0.29, 0.717) is 16.9 Å². The fraction of sp³-hybridized carbons (Fsp3) is 0.150. The predicted molar refractivity (Wildman–Crippen MR) is 116 cm³/mol. The lowest BCUT2D eigenvalue weighted by Gasteiger charge is -2.20. The Kier molecular flexibility index (Phi) is 6.08. The molecule has 1 unspecified atom stereocenters. The van der Waals surface area contributed by atoms with E-state index >= 15 is 0 Å². The van der Waals surface area contributed by atoms with Gasteiger partial charge in [-0.1, -0.05) is 12.1 Å². The molecule has 9 heteroatoms. The van der Waals surface area contributed by atoms with Crippen LogP contribution in [0.15, 0.2) is 67.4 Å². The van der Waals surface area contributed by atoms with Crippen LogP contribution in [0.5, 0.6) is 0 Å². The summed E-state index contributed by atoms with van der Waals surface area (Å²) in [7, 11) is 0. The molecule has 0 saturated carbocycles. The van der Waals surface area contributed by atoms with E-state index in [0.717, 1.165) is 15.5 Å². The van der Waals surface area contributed by atoms with Crippen LogP contribution in [0.2, 0.25) is 0 Å². The zero-order chi connectivity index (χ0) is 20.2. The van der Waals surface area contributed by atoms with E-state index in [1.165, 1.54) is 17.2 Å². The highest BCUT2D eigenvalue weighted by atomic mass is 79.9. The van der Waals surface area contributed by atoms with Crippen molar-refractivity contribution in [1.29, 1.82) is 0 Å². The Morgan fingerprint density at radius 2 is 2.07 bits per heavy atom. The molecule has 29 heavy (non-hydrogen) atoms. The number of hydrazone groups is 1. The number of halogens is 1. The molecule has 0 aromatic carbocycles. The third kappa shape index (κ3) is 4.75. The monoisotopic (exact) mass is 490 g/mol. The van der Waals surface area contributed by atoms with Gasteiger partial charge in [-0.2, -0.15) is 5.10 Å². The van der Waals surface area contributed by atoms with Gasteiger partial charge in [0.05, 0.1) is 16.6 Å². The largest absolute Gasteiger partial charge is 0.452 e. The molecule has 4 heterocycles. The number of hydrogen-bond acceptors (Lipinski definition) is 7. The van der Waals surface area contributed by atoms with Crippen LogP contribution >= 0.6 is 38.6 Å². The molecule has 0 fully saturated rings. The number of carbonyl (C=O) groups excluding carboxylic acids is 2. The van der Waals surface area contributed by atoms with Crippen molar-refractivity contribution < 1.29 is 18.7 Å². The number of hydrogen-bond donors (Lipinski definition) is 0. The molecule has 1 aliphatic rings. The zero-order valence-electron chi connectivity index (χ0n) is 15.0. The van der Waals surface area contributed by atoms with Crippen molar-refractivity contribution in [3.63, 3.8) is 0 Å². The number of furan rings is 1. The van der Waals surface area contributed by atoms with Crippen molar-refractivity contribution in [3.8, 4) is 0 Å². The summed E-state index contributed by atoms with van der Waals surface area (Å²) in [5.74, 6) is -0.486. The van der Waals surface area contributed by atoms with Gasteiger partial charge >= 0.3 is 5.97 Å². The van der Waals surface area contributed by atoms with E-state index in [9.17, 15) is 9.59 Å². The van der Waals surface area contributed by atoms with Crippen molar-refractivity contribution in [1.82, 2.24) is 5.01 Å². The fourth-order valence-corrected chi connectivity index (χ4v) is 4.70. The molecule has 0 radical (unpaired) electrons. The number of amides is 1. The lowest BCUT2D eigenvalue weighted by atomic mass is 10.1. The van der Waals surface area contributed by atoms with Gasteiger partial charge in [-0.25, -0.2) is 9.80 Å². The number of thiophene rings is 2. The number of ether oxygens (including phenoxy) is 1. The van der Waals surface area contributed by atoms with Gasteiger partial charge in [-0.05, 0) is 57.0 Å². The van der Waals surface area contributed by atoms with Gasteiger partial charge in [0, 0.05) is 17.4 Å². The first kappa shape index (κ1) is 19.8. The minimum Gasteiger partial charge on any atom is -0.452 e. The van der Waals surface area contributed by atoms with Crippen LogP contribution in [0.1, 0.15) is 28.0 Å². The zero-order valence-corrected chi connectivity index (χ0v) is 18.2. The van der Waals surface area contributed by atoms with E-state index in [1.54, 1.807) is 34.8 Å². The van der Waals surface area contributed by atoms with Crippen LogP contribution in [-0.2, 0) is 14.3 Å². The molecule has 3 aromatic rings. The highest BCUT2D eigenvalue weighted by Gasteiger charge is 2.34. The van der Waals surface area contributed by atoms with Gasteiger partial charge < -0.3 is 9.15 Å². The summed E-state index contributed by atoms with van der Waals surface area (Å²) < 4.78 is 10.9. The maximum absolute atomic E-state index is 12.7. The van der Waals surface area contributed by atoms with Gasteiger partial charge in [0.2, 0.25) is 0 Å². The summed E-state index contributed by atoms with van der Waals surface area (Å²) in [5, 5.41) is 9.91. The second kappa shape index (κ2) is 8.89. The Bertz CT molecular complexity index is 1050. The van der Waals surface area contributed by atoms with Crippen LogP contribution in [0, 0.1) is 0 Å². The number of rotatable bonds is 6. The maximum Gasteiger partial charge on any atom is 0.331 e. The molecule has 4 rings (SSSR count). The molecule has 0 aliphatic carbocycles. The molecule has 0 bridgehead atoms. The normalized spacial score (nSPS) is 16.4. The van der Waals surface area contributed by atoms with Gasteiger partial charge in [0.1, 0.15) is 5.76 Å². The second-order valence-electron chi connectivity index (χ2n) is 6.08. The summed E-state index contributed by atoms with van der Waals surface area (Å²) in [4.78, 5) is 26.8. The molecule has 0 saturated heterocycles. The van der Waals surface area contributed by atoms with E-state index < -0.39 is 5.97 Å². The predicted octanol–water partition coefficient (Wildman–Crippen LogP) is 5.10. The van der Waals surface area contributed by atoms with Crippen LogP contribution in [0.4, 0.5) is 0 Å². The van der Waals surface area contributed by atoms with E-state index in [-0.39, 0.29) is 18.6 Å². The van der Waals surface area contributed by atoms with Crippen LogP contribution in [0.3, 0.4) is 0 Å². The Balaban J connectivity index is 1.42. The highest BCUT2D eigenvalue weighted by Crippen LogP contribution is 2.35. The van der Waals surface area contributed by atoms with E-state index in [1.807, 2.05) is 35.0 Å². The molecule has 1 aliphatic heterocycles. The molecular weight excluding hydrogens is 476 g/mol. The Morgan fingerprint density at radius 1 is 1.24 bits per heavy atom. The average Bonchev–Trinajstić information content (AvgIpc) is 3.50. The minimum atomic E-state index is -0.625.